The van der Waals surface area contributed by atoms with Crippen LogP contribution in [0.25, 0.3) is 0 Å². The van der Waals surface area contributed by atoms with Gasteiger partial charge in [-0.2, -0.15) is 0 Å². The highest BCUT2D eigenvalue weighted by molar-refractivity contribution is 7.10. The summed E-state index contributed by atoms with van der Waals surface area (Å²) >= 11 is 1.82. The van der Waals surface area contributed by atoms with Crippen LogP contribution in [-0.2, 0) is 11.2 Å². The minimum atomic E-state index is 0.256. The highest BCUT2D eigenvalue weighted by Crippen LogP contribution is 2.33. The van der Waals surface area contributed by atoms with E-state index < -0.39 is 0 Å². The molecule has 1 aliphatic rings. The van der Waals surface area contributed by atoms with E-state index in [1.54, 1.807) is 0 Å². The summed E-state index contributed by atoms with van der Waals surface area (Å²) in [5.74, 6) is 0.317. The average Bonchev–Trinajstić information content (AvgIpc) is 2.88. The lowest BCUT2D eigenvalue weighted by atomic mass is 10.0. The van der Waals surface area contributed by atoms with E-state index in [1.165, 1.54) is 10.4 Å². The van der Waals surface area contributed by atoms with Crippen LogP contribution in [0.2, 0.25) is 0 Å². The van der Waals surface area contributed by atoms with Crippen LogP contribution in [0.3, 0.4) is 0 Å². The van der Waals surface area contributed by atoms with Gasteiger partial charge >= 0.3 is 0 Å². The molecule has 1 aromatic rings. The van der Waals surface area contributed by atoms with Gasteiger partial charge in [0.05, 0.1) is 6.04 Å². The molecule has 2 N–H and O–H groups in total. The first-order valence-electron chi connectivity index (χ1n) is 7.30. The minimum absolute atomic E-state index is 0.256. The van der Waals surface area contributed by atoms with E-state index >= 15 is 0 Å². The fraction of sp³-hybridized carbons (Fsp3) is 0.667. The smallest absolute Gasteiger partial charge is 0.223 e. The molecule has 0 saturated heterocycles. The fourth-order valence-electron chi connectivity index (χ4n) is 2.77. The van der Waals surface area contributed by atoms with Crippen molar-refractivity contribution < 1.29 is 4.79 Å². The molecule has 19 heavy (non-hydrogen) atoms. The molecule has 1 amide bonds. The summed E-state index contributed by atoms with van der Waals surface area (Å²) in [6, 6.07) is 2.43. The zero-order valence-corrected chi connectivity index (χ0v) is 12.5. The predicted molar refractivity (Wildman–Crippen MR) is 80.3 cm³/mol. The number of hydrogen-bond donors (Lipinski definition) is 1. The van der Waals surface area contributed by atoms with Crippen LogP contribution in [0.5, 0.6) is 0 Å². The number of fused-ring (bicyclic) bond motifs is 1. The molecule has 1 unspecified atom stereocenters. The Morgan fingerprint density at radius 2 is 2.21 bits per heavy atom. The monoisotopic (exact) mass is 280 g/mol. The van der Waals surface area contributed by atoms with Crippen molar-refractivity contribution >= 4 is 17.2 Å². The van der Waals surface area contributed by atoms with Crippen LogP contribution >= 0.6 is 11.3 Å². The lowest BCUT2D eigenvalue weighted by Crippen LogP contribution is -2.38. The van der Waals surface area contributed by atoms with Crippen molar-refractivity contribution in [2.24, 2.45) is 5.73 Å². The molecule has 2 rings (SSSR count). The molecule has 106 valence electrons. The van der Waals surface area contributed by atoms with Gasteiger partial charge in [0.15, 0.2) is 0 Å². The summed E-state index contributed by atoms with van der Waals surface area (Å²) in [5, 5.41) is 2.14. The van der Waals surface area contributed by atoms with Gasteiger partial charge in [0.1, 0.15) is 0 Å². The van der Waals surface area contributed by atoms with Crippen LogP contribution in [0.4, 0.5) is 0 Å². The van der Waals surface area contributed by atoms with E-state index in [1.807, 2.05) is 11.3 Å². The second kappa shape index (κ2) is 7.06. The molecule has 1 atom stereocenters. The number of carbonyl (C=O) groups is 1. The van der Waals surface area contributed by atoms with Crippen molar-refractivity contribution in [3.8, 4) is 0 Å². The van der Waals surface area contributed by atoms with Gasteiger partial charge in [0.25, 0.3) is 0 Å². The summed E-state index contributed by atoms with van der Waals surface area (Å²) in [7, 11) is 0. The van der Waals surface area contributed by atoms with Crippen LogP contribution < -0.4 is 5.73 Å². The molecule has 0 spiro atoms. The Bertz CT molecular complexity index is 416. The van der Waals surface area contributed by atoms with Gasteiger partial charge in [-0.05, 0) is 49.7 Å². The van der Waals surface area contributed by atoms with Crippen LogP contribution in [0.15, 0.2) is 11.4 Å². The number of nitrogens with two attached hydrogens (primary N) is 1. The SMILES string of the molecule is CC1c2ccsc2CCN1C(=O)CCCCCCN. The zero-order valence-electron chi connectivity index (χ0n) is 11.7. The molecule has 4 heteroatoms. The van der Waals surface area contributed by atoms with Gasteiger partial charge in [0, 0.05) is 17.8 Å². The van der Waals surface area contributed by atoms with Gasteiger partial charge in [-0.15, -0.1) is 11.3 Å². The van der Waals surface area contributed by atoms with Crippen molar-refractivity contribution in [3.05, 3.63) is 21.9 Å². The number of nitrogens with zero attached hydrogens (tertiary/aromatic N) is 1. The summed E-state index contributed by atoms with van der Waals surface area (Å²) in [6.45, 7) is 3.80. The van der Waals surface area contributed by atoms with Crippen LogP contribution in [0, 0.1) is 0 Å². The van der Waals surface area contributed by atoms with E-state index in [9.17, 15) is 4.79 Å². The standard InChI is InChI=1S/C15H24N2OS/c1-12-13-8-11-19-14(13)7-10-17(12)15(18)6-4-2-3-5-9-16/h8,11-12H,2-7,9-10,16H2,1H3. The van der Waals surface area contributed by atoms with Crippen molar-refractivity contribution in [2.75, 3.05) is 13.1 Å². The third kappa shape index (κ3) is 3.57. The van der Waals surface area contributed by atoms with Crippen molar-refractivity contribution in [3.63, 3.8) is 0 Å². The molecule has 0 bridgehead atoms. The Morgan fingerprint density at radius 1 is 1.42 bits per heavy atom. The Morgan fingerprint density at radius 3 is 3.00 bits per heavy atom. The maximum atomic E-state index is 12.3. The maximum absolute atomic E-state index is 12.3. The lowest BCUT2D eigenvalue weighted by molar-refractivity contribution is -0.133. The van der Waals surface area contributed by atoms with E-state index in [-0.39, 0.29) is 6.04 Å². The van der Waals surface area contributed by atoms with Crippen molar-refractivity contribution in [1.82, 2.24) is 4.90 Å². The summed E-state index contributed by atoms with van der Waals surface area (Å²) in [4.78, 5) is 15.8. The Kier molecular flexibility index (Phi) is 5.40. The molecule has 2 heterocycles. The number of hydrogen-bond acceptors (Lipinski definition) is 3. The van der Waals surface area contributed by atoms with E-state index in [0.717, 1.165) is 45.2 Å². The highest BCUT2D eigenvalue weighted by Gasteiger charge is 2.27. The molecule has 0 fully saturated rings. The first kappa shape index (κ1) is 14.5. The van der Waals surface area contributed by atoms with Crippen molar-refractivity contribution in [1.29, 1.82) is 0 Å². The summed E-state index contributed by atoms with van der Waals surface area (Å²) < 4.78 is 0. The third-order valence-corrected chi connectivity index (χ3v) is 4.94. The van der Waals surface area contributed by atoms with Crippen LogP contribution in [0.1, 0.15) is 55.5 Å². The molecule has 0 aromatic carbocycles. The number of unbranched alkanes of at least 4 members (excludes halogenated alkanes) is 3. The average molecular weight is 280 g/mol. The predicted octanol–water partition coefficient (Wildman–Crippen LogP) is 3.10. The number of thiophene rings is 1. The molecule has 0 aliphatic carbocycles. The molecule has 0 radical (unpaired) electrons. The van der Waals surface area contributed by atoms with Gasteiger partial charge < -0.3 is 10.6 Å². The first-order valence-corrected chi connectivity index (χ1v) is 8.18. The number of rotatable bonds is 6. The topological polar surface area (TPSA) is 46.3 Å². The minimum Gasteiger partial charge on any atom is -0.336 e. The third-order valence-electron chi connectivity index (χ3n) is 3.94. The molecular formula is C15H24N2OS. The Hall–Kier alpha value is -0.870. The van der Waals surface area contributed by atoms with Gasteiger partial charge in [-0.3, -0.25) is 4.79 Å². The fourth-order valence-corrected chi connectivity index (χ4v) is 3.73. The normalized spacial score (nSPS) is 18.4. The van der Waals surface area contributed by atoms with E-state index in [4.69, 9.17) is 5.73 Å². The molecule has 1 aromatic heterocycles. The zero-order chi connectivity index (χ0) is 13.7. The molecule has 1 aliphatic heterocycles. The van der Waals surface area contributed by atoms with E-state index in [2.05, 4.69) is 23.3 Å². The second-order valence-electron chi connectivity index (χ2n) is 5.27. The second-order valence-corrected chi connectivity index (χ2v) is 6.27. The largest absolute Gasteiger partial charge is 0.336 e. The number of amides is 1. The Labute approximate surface area is 119 Å². The quantitative estimate of drug-likeness (QED) is 0.814. The van der Waals surface area contributed by atoms with Gasteiger partial charge in [-0.1, -0.05) is 12.8 Å². The summed E-state index contributed by atoms with van der Waals surface area (Å²) in [6.07, 6.45) is 6.05. The highest BCUT2D eigenvalue weighted by atomic mass is 32.1. The van der Waals surface area contributed by atoms with Gasteiger partial charge in [0.2, 0.25) is 5.91 Å². The molecular weight excluding hydrogens is 256 g/mol. The maximum Gasteiger partial charge on any atom is 0.223 e. The van der Waals surface area contributed by atoms with Crippen molar-refractivity contribution in [2.45, 2.75) is 51.5 Å². The first-order chi connectivity index (χ1) is 9.24. The van der Waals surface area contributed by atoms with Crippen LogP contribution in [-0.4, -0.2) is 23.9 Å². The molecule has 0 saturated carbocycles. The van der Waals surface area contributed by atoms with E-state index in [0.29, 0.717) is 12.3 Å². The summed E-state index contributed by atoms with van der Waals surface area (Å²) in [5.41, 5.74) is 6.82. The lowest BCUT2D eigenvalue weighted by Gasteiger charge is -2.33. The molecule has 3 nitrogen and oxygen atoms in total. The Balaban J connectivity index is 1.80. The number of carbonyl (C=O) groups excluding carboxylic acids is 1. The van der Waals surface area contributed by atoms with Gasteiger partial charge in [-0.25, -0.2) is 0 Å².